The second kappa shape index (κ2) is 52.4. The third-order valence-corrected chi connectivity index (χ3v) is 13.3. The molecule has 0 aliphatic carbocycles. The maximum absolute atomic E-state index is 12.8. The molecule has 64 heavy (non-hydrogen) atoms. The summed E-state index contributed by atoms with van der Waals surface area (Å²) < 4.78 is 16.9. The van der Waals surface area contributed by atoms with Gasteiger partial charge in [-0.3, -0.25) is 14.4 Å². The van der Waals surface area contributed by atoms with Crippen molar-refractivity contribution in [1.29, 1.82) is 0 Å². The Hall–Kier alpha value is -1.59. The van der Waals surface area contributed by atoms with Gasteiger partial charge in [-0.05, 0) is 25.2 Å². The van der Waals surface area contributed by atoms with E-state index in [-0.39, 0.29) is 31.1 Å². The van der Waals surface area contributed by atoms with Crippen LogP contribution in [0.4, 0.5) is 0 Å². The highest BCUT2D eigenvalue weighted by atomic mass is 16.6. The van der Waals surface area contributed by atoms with E-state index < -0.39 is 6.10 Å². The first-order chi connectivity index (χ1) is 31.4. The summed E-state index contributed by atoms with van der Waals surface area (Å²) in [6.07, 6.45) is 56.6. The number of hydrogen-bond donors (Lipinski definition) is 0. The van der Waals surface area contributed by atoms with Crippen molar-refractivity contribution in [2.75, 3.05) is 13.2 Å². The zero-order chi connectivity index (χ0) is 46.7. The molecule has 0 aromatic rings. The number of esters is 3. The summed E-state index contributed by atoms with van der Waals surface area (Å²) in [5.41, 5.74) is 0. The number of rotatable bonds is 53. The third kappa shape index (κ3) is 51.4. The molecule has 6 nitrogen and oxygen atoms in total. The van der Waals surface area contributed by atoms with Crippen molar-refractivity contribution in [2.24, 2.45) is 5.92 Å². The van der Waals surface area contributed by atoms with Crippen molar-refractivity contribution >= 4 is 17.9 Å². The van der Waals surface area contributed by atoms with E-state index >= 15 is 0 Å². The van der Waals surface area contributed by atoms with Gasteiger partial charge in [0.05, 0.1) is 0 Å². The summed E-state index contributed by atoms with van der Waals surface area (Å²) in [6, 6.07) is 0. The Morgan fingerprint density at radius 1 is 0.297 bits per heavy atom. The predicted molar refractivity (Wildman–Crippen MR) is 275 cm³/mol. The van der Waals surface area contributed by atoms with E-state index in [4.69, 9.17) is 14.2 Å². The van der Waals surface area contributed by atoms with Gasteiger partial charge in [-0.1, -0.05) is 291 Å². The fourth-order valence-corrected chi connectivity index (χ4v) is 8.92. The first-order valence-corrected chi connectivity index (χ1v) is 28.9. The van der Waals surface area contributed by atoms with E-state index in [1.54, 1.807) is 0 Å². The number of carbonyl (C=O) groups excluding carboxylic acids is 3. The monoisotopic (exact) mass is 905 g/mol. The van der Waals surface area contributed by atoms with E-state index in [2.05, 4.69) is 27.7 Å². The largest absolute Gasteiger partial charge is 0.462 e. The molecule has 0 fully saturated rings. The van der Waals surface area contributed by atoms with Gasteiger partial charge in [-0.25, -0.2) is 0 Å². The van der Waals surface area contributed by atoms with Crippen LogP contribution in [-0.4, -0.2) is 37.2 Å². The zero-order valence-corrected chi connectivity index (χ0v) is 43.8. The van der Waals surface area contributed by atoms with Crippen molar-refractivity contribution in [3.8, 4) is 0 Å². The smallest absolute Gasteiger partial charge is 0.306 e. The standard InChI is InChI=1S/C58H112O6/c1-5-7-9-11-13-15-17-19-21-27-31-35-39-43-47-51-58(61)64-55(52-62-56(59)49-45-41-37-33-29-25-20-18-16-14-12-10-8-6-2)53-63-57(60)50-46-42-38-34-30-26-23-22-24-28-32-36-40-44-48-54(3)4/h54-55H,5-53H2,1-4H3/t55-/m1/s1. The highest BCUT2D eigenvalue weighted by Gasteiger charge is 2.19. The molecule has 0 heterocycles. The van der Waals surface area contributed by atoms with E-state index in [0.29, 0.717) is 19.3 Å². The van der Waals surface area contributed by atoms with Gasteiger partial charge in [0.1, 0.15) is 13.2 Å². The van der Waals surface area contributed by atoms with Crippen LogP contribution in [-0.2, 0) is 28.6 Å². The molecular formula is C58H112O6. The van der Waals surface area contributed by atoms with Gasteiger partial charge < -0.3 is 14.2 Å². The molecule has 380 valence electrons. The van der Waals surface area contributed by atoms with Gasteiger partial charge in [0.2, 0.25) is 0 Å². The lowest BCUT2D eigenvalue weighted by molar-refractivity contribution is -0.167. The van der Waals surface area contributed by atoms with Gasteiger partial charge in [-0.2, -0.15) is 0 Å². The lowest BCUT2D eigenvalue weighted by Crippen LogP contribution is -2.30. The topological polar surface area (TPSA) is 78.9 Å². The van der Waals surface area contributed by atoms with Crippen molar-refractivity contribution in [3.63, 3.8) is 0 Å². The van der Waals surface area contributed by atoms with Gasteiger partial charge >= 0.3 is 17.9 Å². The molecule has 0 aromatic heterocycles. The Morgan fingerprint density at radius 2 is 0.516 bits per heavy atom. The molecule has 0 aliphatic rings. The van der Waals surface area contributed by atoms with Crippen molar-refractivity contribution in [3.05, 3.63) is 0 Å². The van der Waals surface area contributed by atoms with Crippen LogP contribution < -0.4 is 0 Å². The molecule has 0 aliphatic heterocycles. The van der Waals surface area contributed by atoms with Crippen molar-refractivity contribution in [1.82, 2.24) is 0 Å². The second-order valence-electron chi connectivity index (χ2n) is 20.4. The zero-order valence-electron chi connectivity index (χ0n) is 43.8. The minimum atomic E-state index is -0.761. The molecule has 6 heteroatoms. The molecule has 0 rings (SSSR count). The Balaban J connectivity index is 4.29. The van der Waals surface area contributed by atoms with Crippen LogP contribution in [0.3, 0.4) is 0 Å². The fourth-order valence-electron chi connectivity index (χ4n) is 8.92. The third-order valence-electron chi connectivity index (χ3n) is 13.3. The number of hydrogen-bond acceptors (Lipinski definition) is 6. The first-order valence-electron chi connectivity index (χ1n) is 28.9. The quantitative estimate of drug-likeness (QED) is 0.0344. The number of carbonyl (C=O) groups is 3. The average Bonchev–Trinajstić information content (AvgIpc) is 3.28. The summed E-state index contributed by atoms with van der Waals surface area (Å²) in [5, 5.41) is 0. The maximum Gasteiger partial charge on any atom is 0.306 e. The summed E-state index contributed by atoms with van der Waals surface area (Å²) >= 11 is 0. The molecule has 0 unspecified atom stereocenters. The lowest BCUT2D eigenvalue weighted by atomic mass is 10.0. The molecule has 0 saturated carbocycles. The summed E-state index contributed by atoms with van der Waals surface area (Å²) in [7, 11) is 0. The van der Waals surface area contributed by atoms with E-state index in [1.165, 1.54) is 225 Å². The van der Waals surface area contributed by atoms with Crippen molar-refractivity contribution in [2.45, 2.75) is 336 Å². The van der Waals surface area contributed by atoms with Gasteiger partial charge in [0, 0.05) is 19.3 Å². The molecule has 0 spiro atoms. The Bertz CT molecular complexity index is 964. The molecular weight excluding hydrogens is 793 g/mol. The normalized spacial score (nSPS) is 12.0. The minimum absolute atomic E-state index is 0.0618. The van der Waals surface area contributed by atoms with E-state index in [1.807, 2.05) is 0 Å². The molecule has 1 atom stereocenters. The summed E-state index contributed by atoms with van der Waals surface area (Å²) in [6.45, 7) is 9.07. The lowest BCUT2D eigenvalue weighted by Gasteiger charge is -2.18. The molecule has 0 saturated heterocycles. The Morgan fingerprint density at radius 3 is 0.766 bits per heavy atom. The predicted octanol–water partition coefficient (Wildman–Crippen LogP) is 19.0. The molecule has 0 radical (unpaired) electrons. The second-order valence-corrected chi connectivity index (χ2v) is 20.4. The minimum Gasteiger partial charge on any atom is -0.462 e. The Labute approximate surface area is 399 Å². The van der Waals surface area contributed by atoms with Crippen LogP contribution in [0.1, 0.15) is 329 Å². The highest BCUT2D eigenvalue weighted by molar-refractivity contribution is 5.71. The van der Waals surface area contributed by atoms with Gasteiger partial charge in [0.25, 0.3) is 0 Å². The highest BCUT2D eigenvalue weighted by Crippen LogP contribution is 2.18. The fraction of sp³-hybridized carbons (Fsp3) is 0.948. The van der Waals surface area contributed by atoms with Crippen molar-refractivity contribution < 1.29 is 28.6 Å². The molecule has 0 bridgehead atoms. The summed E-state index contributed by atoms with van der Waals surface area (Å²) in [4.78, 5) is 38.1. The van der Waals surface area contributed by atoms with Crippen LogP contribution in [0.15, 0.2) is 0 Å². The first kappa shape index (κ1) is 62.4. The molecule has 0 aromatic carbocycles. The SMILES string of the molecule is CCCCCCCCCCCCCCCCCC(=O)O[C@H](COC(=O)CCCCCCCCCCCCCCCC)COC(=O)CCCCCCCCCCCCCCCCC(C)C. The van der Waals surface area contributed by atoms with Crippen LogP contribution in [0.25, 0.3) is 0 Å². The Kier molecular flexibility index (Phi) is 51.1. The summed E-state index contributed by atoms with van der Waals surface area (Å²) in [5.74, 6) is 0.0103. The van der Waals surface area contributed by atoms with Crippen LogP contribution in [0, 0.1) is 5.92 Å². The maximum atomic E-state index is 12.8. The van der Waals surface area contributed by atoms with Crippen LogP contribution in [0.2, 0.25) is 0 Å². The average molecular weight is 906 g/mol. The van der Waals surface area contributed by atoms with Gasteiger partial charge in [0.15, 0.2) is 6.10 Å². The van der Waals surface area contributed by atoms with Gasteiger partial charge in [-0.15, -0.1) is 0 Å². The number of unbranched alkanes of at least 4 members (excludes halogenated alkanes) is 40. The van der Waals surface area contributed by atoms with E-state index in [0.717, 1.165) is 63.7 Å². The van der Waals surface area contributed by atoms with Crippen LogP contribution in [0.5, 0.6) is 0 Å². The molecule has 0 amide bonds. The van der Waals surface area contributed by atoms with E-state index in [9.17, 15) is 14.4 Å². The van der Waals surface area contributed by atoms with Crippen LogP contribution >= 0.6 is 0 Å². The number of ether oxygens (including phenoxy) is 3. The molecule has 0 N–H and O–H groups in total.